The summed E-state index contributed by atoms with van der Waals surface area (Å²) in [6.45, 7) is 13.3. The Morgan fingerprint density at radius 1 is 0.500 bits per heavy atom. The molecule has 4 rings (SSSR count). The van der Waals surface area contributed by atoms with Crippen LogP contribution in [0.15, 0.2) is 84.3 Å². The normalized spacial score (nSPS) is 12.9. The Bertz CT molecular complexity index is 1790. The van der Waals surface area contributed by atoms with Gasteiger partial charge < -0.3 is 23.7 Å². The van der Waals surface area contributed by atoms with Crippen molar-refractivity contribution >= 4 is 127 Å². The summed E-state index contributed by atoms with van der Waals surface area (Å²) in [6.07, 6.45) is -0.297. The highest BCUT2D eigenvalue weighted by molar-refractivity contribution is 9.12. The van der Waals surface area contributed by atoms with Gasteiger partial charge in [-0.1, -0.05) is 59.6 Å². The van der Waals surface area contributed by atoms with E-state index in [-0.39, 0.29) is 23.0 Å². The predicted molar refractivity (Wildman–Crippen MR) is 242 cm³/mol. The Kier molecular flexibility index (Phi) is 17.8. The summed E-state index contributed by atoms with van der Waals surface area (Å²) in [4.78, 5) is 0. The highest BCUT2D eigenvalue weighted by Gasteiger charge is 2.30. The summed E-state index contributed by atoms with van der Waals surface area (Å²) in [6, 6.07) is 17.0. The minimum Gasteiger partial charge on any atom is -0.494 e. The van der Waals surface area contributed by atoms with Gasteiger partial charge in [0.15, 0.2) is 0 Å². The number of hydrogen-bond donors (Lipinski definition) is 0. The molecule has 0 aliphatic rings. The molecule has 4 aromatic rings. The minimum absolute atomic E-state index is 0.0161. The molecule has 0 spiro atoms. The molecule has 0 saturated carbocycles. The molecule has 0 aliphatic carbocycles. The molecule has 0 bridgehead atoms. The van der Waals surface area contributed by atoms with E-state index in [0.717, 1.165) is 80.8 Å². The first-order chi connectivity index (χ1) is 24.2. The van der Waals surface area contributed by atoms with Crippen LogP contribution in [0, 0.1) is 0 Å². The average Bonchev–Trinajstić information content (AvgIpc) is 3.05. The maximum absolute atomic E-state index is 6.65. The van der Waals surface area contributed by atoms with Gasteiger partial charge in [-0.2, -0.15) is 0 Å². The van der Waals surface area contributed by atoms with Gasteiger partial charge in [0.25, 0.3) is 0 Å². The fourth-order valence-corrected chi connectivity index (χ4v) is 11.5. The first kappa shape index (κ1) is 46.4. The maximum Gasteiger partial charge on any atom is 0.148 e. The van der Waals surface area contributed by atoms with E-state index in [2.05, 4.69) is 215 Å². The van der Waals surface area contributed by atoms with Crippen molar-refractivity contribution in [3.63, 3.8) is 0 Å². The molecule has 0 heterocycles. The van der Waals surface area contributed by atoms with E-state index in [1.807, 2.05) is 6.92 Å². The van der Waals surface area contributed by atoms with Crippen LogP contribution in [0.1, 0.15) is 75.5 Å². The van der Waals surface area contributed by atoms with Crippen molar-refractivity contribution in [1.29, 1.82) is 0 Å². The Morgan fingerprint density at radius 3 is 1.13 bits per heavy atom. The Balaban J connectivity index is 0.00000235. The smallest absolute Gasteiger partial charge is 0.148 e. The number of hydrogen-bond acceptors (Lipinski definition) is 5. The van der Waals surface area contributed by atoms with E-state index in [1.54, 1.807) is 28.4 Å². The van der Waals surface area contributed by atoms with Gasteiger partial charge in [-0.25, -0.2) is 0 Å². The molecule has 0 N–H and O–H groups in total. The molecule has 13 heteroatoms. The summed E-state index contributed by atoms with van der Waals surface area (Å²) in [5.41, 5.74) is 4.86. The maximum atomic E-state index is 6.65. The number of halogens is 8. The van der Waals surface area contributed by atoms with Crippen molar-refractivity contribution in [3.8, 4) is 17.2 Å². The molecule has 52 heavy (non-hydrogen) atoms. The fraction of sp³-hybridized carbons (Fsp3) is 0.385. The Labute approximate surface area is 376 Å². The third-order valence-electron chi connectivity index (χ3n) is 8.73. The van der Waals surface area contributed by atoms with E-state index >= 15 is 0 Å². The van der Waals surface area contributed by atoms with E-state index in [1.165, 1.54) is 0 Å². The molecule has 0 saturated heterocycles. The summed E-state index contributed by atoms with van der Waals surface area (Å²) in [5.74, 6) is 2.24. The topological polar surface area (TPSA) is 46.2 Å². The lowest BCUT2D eigenvalue weighted by molar-refractivity contribution is 0.0711. The second kappa shape index (κ2) is 19.9. The van der Waals surface area contributed by atoms with Crippen molar-refractivity contribution in [3.05, 3.63) is 112 Å². The lowest BCUT2D eigenvalue weighted by atomic mass is 9.78. The number of ether oxygens (including phenoxy) is 5. The highest BCUT2D eigenvalue weighted by atomic mass is 79.9. The predicted octanol–water partition coefficient (Wildman–Crippen LogP) is 15.3. The lowest BCUT2D eigenvalue weighted by Crippen LogP contribution is -2.20. The SMILES string of the molecule is COC.COc1c(Br)cc(C(C)(C)c2cc(Br)c(C(C)Oc3c(Br)cc(C(C)(C)c4cc(Br)c(OCC(C)OC)c(Br)c4)cc3Br)c(Br)c2)cc1Br. The molecular weight excluding hydrogens is 1190 g/mol. The van der Waals surface area contributed by atoms with Crippen molar-refractivity contribution < 1.29 is 23.7 Å². The van der Waals surface area contributed by atoms with Crippen LogP contribution in [0.2, 0.25) is 0 Å². The molecule has 0 aliphatic heterocycles. The molecule has 0 fully saturated rings. The summed E-state index contributed by atoms with van der Waals surface area (Å²) >= 11 is 30.2. The zero-order valence-electron chi connectivity index (χ0n) is 30.5. The minimum atomic E-state index is -0.345. The molecule has 0 aromatic heterocycles. The van der Waals surface area contributed by atoms with E-state index in [4.69, 9.17) is 18.9 Å². The highest BCUT2D eigenvalue weighted by Crippen LogP contribution is 2.47. The van der Waals surface area contributed by atoms with Crippen molar-refractivity contribution in [2.45, 2.75) is 64.6 Å². The Hall–Kier alpha value is 0.0400. The van der Waals surface area contributed by atoms with Crippen LogP contribution in [0.25, 0.3) is 0 Å². The van der Waals surface area contributed by atoms with Gasteiger partial charge in [0, 0.05) is 46.7 Å². The summed E-state index contributed by atoms with van der Waals surface area (Å²) in [7, 11) is 6.59. The van der Waals surface area contributed by atoms with Crippen LogP contribution in [0.5, 0.6) is 17.2 Å². The number of methoxy groups -OCH3 is 3. The van der Waals surface area contributed by atoms with Crippen molar-refractivity contribution in [1.82, 2.24) is 0 Å². The van der Waals surface area contributed by atoms with Gasteiger partial charge in [0.05, 0.1) is 40.1 Å². The zero-order valence-corrected chi connectivity index (χ0v) is 43.2. The molecule has 284 valence electrons. The van der Waals surface area contributed by atoms with Gasteiger partial charge in [-0.15, -0.1) is 0 Å². The quantitative estimate of drug-likeness (QED) is 0.141. The monoisotopic (exact) mass is 1220 g/mol. The van der Waals surface area contributed by atoms with E-state index < -0.39 is 0 Å². The molecule has 5 nitrogen and oxygen atoms in total. The second-order valence-corrected chi connectivity index (χ2v) is 20.0. The van der Waals surface area contributed by atoms with Gasteiger partial charge >= 0.3 is 0 Å². The molecule has 0 amide bonds. The van der Waals surface area contributed by atoms with E-state index in [0.29, 0.717) is 6.61 Å². The lowest BCUT2D eigenvalue weighted by Gasteiger charge is -2.30. The molecule has 0 radical (unpaired) electrons. The summed E-state index contributed by atoms with van der Waals surface area (Å²) in [5, 5.41) is 0. The second-order valence-electron chi connectivity index (χ2n) is 13.1. The van der Waals surface area contributed by atoms with Gasteiger partial charge in [0.2, 0.25) is 0 Å². The van der Waals surface area contributed by atoms with Crippen LogP contribution >= 0.6 is 127 Å². The number of rotatable bonds is 12. The molecule has 4 aromatic carbocycles. The first-order valence-electron chi connectivity index (χ1n) is 16.0. The molecule has 2 unspecified atom stereocenters. The fourth-order valence-electron chi connectivity index (χ4n) is 5.38. The third kappa shape index (κ3) is 10.9. The molecular formula is C39H42Br8O5. The van der Waals surface area contributed by atoms with Gasteiger partial charge in [-0.05, 0) is 180 Å². The van der Waals surface area contributed by atoms with Gasteiger partial charge in [0.1, 0.15) is 30.0 Å². The third-order valence-corrected chi connectivity index (χ3v) is 13.6. The molecule has 2 atom stereocenters. The number of benzene rings is 4. The van der Waals surface area contributed by atoms with Crippen LogP contribution < -0.4 is 14.2 Å². The van der Waals surface area contributed by atoms with Crippen LogP contribution in [-0.4, -0.2) is 41.2 Å². The first-order valence-corrected chi connectivity index (χ1v) is 22.3. The van der Waals surface area contributed by atoms with Crippen molar-refractivity contribution in [2.24, 2.45) is 0 Å². The van der Waals surface area contributed by atoms with Crippen LogP contribution in [0.4, 0.5) is 0 Å². The van der Waals surface area contributed by atoms with Crippen LogP contribution in [-0.2, 0) is 20.3 Å². The summed E-state index contributed by atoms with van der Waals surface area (Å²) < 4.78 is 34.9. The zero-order chi connectivity index (χ0) is 39.3. The largest absolute Gasteiger partial charge is 0.494 e. The van der Waals surface area contributed by atoms with E-state index in [9.17, 15) is 0 Å². The van der Waals surface area contributed by atoms with Crippen LogP contribution in [0.3, 0.4) is 0 Å². The average molecular weight is 1230 g/mol. The van der Waals surface area contributed by atoms with Gasteiger partial charge in [-0.3, -0.25) is 0 Å². The Morgan fingerprint density at radius 2 is 0.808 bits per heavy atom. The standard InChI is InChI=1S/C37H36Br8O4.C2H6O/c1-18(46-7)17-48-34-28(42)13-22(14-29(34)43)37(5,6)23-15-30(44)35(31(45)16-23)49-19(2)32-24(38)9-20(10-25(32)39)36(3,4)21-11-26(40)33(47-8)27(41)12-21;1-3-2/h9-16,18-19H,17H2,1-8H3;1-2H3. The van der Waals surface area contributed by atoms with Crippen molar-refractivity contribution in [2.75, 3.05) is 35.0 Å².